The Kier molecular flexibility index (Phi) is 3.58. The van der Waals surface area contributed by atoms with Crippen LogP contribution in [0, 0.1) is 12.7 Å². The van der Waals surface area contributed by atoms with Crippen molar-refractivity contribution in [2.24, 2.45) is 0 Å². The third-order valence-electron chi connectivity index (χ3n) is 4.27. The number of pyridine rings is 1. The topological polar surface area (TPSA) is 12.9 Å². The van der Waals surface area contributed by atoms with Crippen LogP contribution < -0.4 is 0 Å². The molecule has 0 spiro atoms. The predicted molar refractivity (Wildman–Crippen MR) is 97.3 cm³/mol. The van der Waals surface area contributed by atoms with E-state index in [4.69, 9.17) is 0 Å². The van der Waals surface area contributed by atoms with E-state index in [1.165, 1.54) is 6.07 Å². The van der Waals surface area contributed by atoms with Crippen molar-refractivity contribution in [3.05, 3.63) is 90.4 Å². The number of aromatic nitrogens is 1. The second-order valence-electron chi connectivity index (χ2n) is 5.82. The monoisotopic (exact) mass is 313 g/mol. The van der Waals surface area contributed by atoms with Crippen LogP contribution in [0.15, 0.2) is 78.9 Å². The third kappa shape index (κ3) is 2.37. The maximum absolute atomic E-state index is 14.3. The van der Waals surface area contributed by atoms with Crippen molar-refractivity contribution in [2.75, 3.05) is 0 Å². The number of rotatable bonds is 2. The van der Waals surface area contributed by atoms with E-state index >= 15 is 0 Å². The zero-order valence-corrected chi connectivity index (χ0v) is 13.3. The van der Waals surface area contributed by atoms with Crippen LogP contribution in [0.4, 0.5) is 4.39 Å². The van der Waals surface area contributed by atoms with Crippen LogP contribution >= 0.6 is 0 Å². The number of hydrogen-bond donors (Lipinski definition) is 0. The standard InChI is InChI=1S/C22H16FN/c1-15-20(16-9-4-2-5-10-16)21(17-11-6-3-7-12-17)18-13-8-14-19(23)22(18)24-15/h2-14H,1H3. The van der Waals surface area contributed by atoms with Gasteiger partial charge < -0.3 is 0 Å². The number of fused-ring (bicyclic) bond motifs is 1. The van der Waals surface area contributed by atoms with Crippen molar-refractivity contribution >= 4 is 10.9 Å². The Morgan fingerprint density at radius 2 is 1.25 bits per heavy atom. The van der Waals surface area contributed by atoms with E-state index in [2.05, 4.69) is 29.2 Å². The molecule has 4 aromatic rings. The molecule has 0 saturated carbocycles. The second kappa shape index (κ2) is 5.89. The molecule has 0 unspecified atom stereocenters. The van der Waals surface area contributed by atoms with E-state index in [9.17, 15) is 4.39 Å². The molecule has 0 amide bonds. The van der Waals surface area contributed by atoms with Crippen LogP contribution in [0.5, 0.6) is 0 Å². The van der Waals surface area contributed by atoms with E-state index in [1.54, 1.807) is 6.07 Å². The van der Waals surface area contributed by atoms with Gasteiger partial charge in [-0.15, -0.1) is 0 Å². The van der Waals surface area contributed by atoms with Gasteiger partial charge in [-0.1, -0.05) is 72.8 Å². The maximum Gasteiger partial charge on any atom is 0.149 e. The molecule has 0 radical (unpaired) electrons. The Morgan fingerprint density at radius 3 is 1.88 bits per heavy atom. The summed E-state index contributed by atoms with van der Waals surface area (Å²) >= 11 is 0. The van der Waals surface area contributed by atoms with E-state index in [1.807, 2.05) is 49.4 Å². The Labute approximate surface area is 140 Å². The first-order valence-corrected chi connectivity index (χ1v) is 7.95. The Bertz CT molecular complexity index is 1010. The van der Waals surface area contributed by atoms with Crippen LogP contribution in [-0.4, -0.2) is 4.98 Å². The molecule has 1 heterocycles. The van der Waals surface area contributed by atoms with Crippen molar-refractivity contribution in [3.8, 4) is 22.3 Å². The lowest BCUT2D eigenvalue weighted by Gasteiger charge is -2.16. The van der Waals surface area contributed by atoms with Crippen molar-refractivity contribution in [1.29, 1.82) is 0 Å². The van der Waals surface area contributed by atoms with E-state index in [0.717, 1.165) is 33.3 Å². The van der Waals surface area contributed by atoms with Crippen molar-refractivity contribution in [3.63, 3.8) is 0 Å². The number of hydrogen-bond acceptors (Lipinski definition) is 1. The number of benzene rings is 3. The molecular weight excluding hydrogens is 297 g/mol. The van der Waals surface area contributed by atoms with Crippen LogP contribution in [0.3, 0.4) is 0 Å². The van der Waals surface area contributed by atoms with Gasteiger partial charge in [0.05, 0.1) is 0 Å². The SMILES string of the molecule is Cc1nc2c(F)cccc2c(-c2ccccc2)c1-c1ccccc1. The maximum atomic E-state index is 14.3. The summed E-state index contributed by atoms with van der Waals surface area (Å²) < 4.78 is 14.3. The number of nitrogens with zero attached hydrogens (tertiary/aromatic N) is 1. The molecule has 0 bridgehead atoms. The molecule has 2 heteroatoms. The van der Waals surface area contributed by atoms with Gasteiger partial charge in [0.15, 0.2) is 0 Å². The van der Waals surface area contributed by atoms with Gasteiger partial charge in [0.25, 0.3) is 0 Å². The zero-order valence-electron chi connectivity index (χ0n) is 13.3. The molecule has 0 N–H and O–H groups in total. The highest BCUT2D eigenvalue weighted by molar-refractivity contribution is 6.03. The average Bonchev–Trinajstić information content (AvgIpc) is 2.63. The highest BCUT2D eigenvalue weighted by Crippen LogP contribution is 2.39. The van der Waals surface area contributed by atoms with Gasteiger partial charge in [0.2, 0.25) is 0 Å². The smallest absolute Gasteiger partial charge is 0.149 e. The highest BCUT2D eigenvalue weighted by Gasteiger charge is 2.17. The van der Waals surface area contributed by atoms with Gasteiger partial charge in [0, 0.05) is 22.2 Å². The summed E-state index contributed by atoms with van der Waals surface area (Å²) in [5.41, 5.74) is 5.50. The molecule has 0 aliphatic carbocycles. The summed E-state index contributed by atoms with van der Waals surface area (Å²) in [7, 11) is 0. The largest absolute Gasteiger partial charge is 0.249 e. The molecule has 0 aliphatic rings. The Morgan fingerprint density at radius 1 is 0.667 bits per heavy atom. The number of para-hydroxylation sites is 1. The minimum Gasteiger partial charge on any atom is -0.249 e. The molecular formula is C22H16FN. The molecule has 1 aromatic heterocycles. The first kappa shape index (κ1) is 14.6. The summed E-state index contributed by atoms with van der Waals surface area (Å²) in [5, 5.41) is 0.839. The zero-order chi connectivity index (χ0) is 16.5. The van der Waals surface area contributed by atoms with E-state index in [0.29, 0.717) is 5.52 Å². The molecule has 4 rings (SSSR count). The van der Waals surface area contributed by atoms with Crippen molar-refractivity contribution < 1.29 is 4.39 Å². The first-order chi connectivity index (χ1) is 11.8. The summed E-state index contributed by atoms with van der Waals surface area (Å²) in [6.07, 6.45) is 0. The molecule has 0 aliphatic heterocycles. The number of halogens is 1. The summed E-state index contributed by atoms with van der Waals surface area (Å²) in [6.45, 7) is 1.95. The van der Waals surface area contributed by atoms with E-state index < -0.39 is 0 Å². The summed E-state index contributed by atoms with van der Waals surface area (Å²) in [4.78, 5) is 4.56. The Hall–Kier alpha value is -3.00. The molecule has 1 nitrogen and oxygen atoms in total. The predicted octanol–water partition coefficient (Wildman–Crippen LogP) is 6.02. The average molecular weight is 313 g/mol. The molecule has 3 aromatic carbocycles. The number of aryl methyl sites for hydroxylation is 1. The lowest BCUT2D eigenvalue weighted by atomic mass is 9.90. The molecule has 0 saturated heterocycles. The van der Waals surface area contributed by atoms with Gasteiger partial charge in [-0.3, -0.25) is 0 Å². The van der Waals surface area contributed by atoms with Crippen LogP contribution in [0.1, 0.15) is 5.69 Å². The highest BCUT2D eigenvalue weighted by atomic mass is 19.1. The Balaban J connectivity index is 2.18. The lowest BCUT2D eigenvalue weighted by Crippen LogP contribution is -1.97. The molecule has 24 heavy (non-hydrogen) atoms. The minimum atomic E-state index is -0.285. The molecule has 116 valence electrons. The minimum absolute atomic E-state index is 0.285. The van der Waals surface area contributed by atoms with Gasteiger partial charge in [-0.25, -0.2) is 9.37 Å². The summed E-state index contributed by atoms with van der Waals surface area (Å²) in [6, 6.07) is 25.4. The van der Waals surface area contributed by atoms with Crippen LogP contribution in [-0.2, 0) is 0 Å². The third-order valence-corrected chi connectivity index (χ3v) is 4.27. The fourth-order valence-corrected chi connectivity index (χ4v) is 3.23. The first-order valence-electron chi connectivity index (χ1n) is 7.95. The quantitative estimate of drug-likeness (QED) is 0.441. The normalized spacial score (nSPS) is 10.9. The van der Waals surface area contributed by atoms with Crippen LogP contribution in [0.2, 0.25) is 0 Å². The second-order valence-corrected chi connectivity index (χ2v) is 5.82. The fraction of sp³-hybridized carbons (Fsp3) is 0.0455. The van der Waals surface area contributed by atoms with Gasteiger partial charge >= 0.3 is 0 Å². The van der Waals surface area contributed by atoms with Gasteiger partial charge in [-0.2, -0.15) is 0 Å². The fourth-order valence-electron chi connectivity index (χ4n) is 3.23. The van der Waals surface area contributed by atoms with Crippen molar-refractivity contribution in [1.82, 2.24) is 4.98 Å². The lowest BCUT2D eigenvalue weighted by molar-refractivity contribution is 0.636. The summed E-state index contributed by atoms with van der Waals surface area (Å²) in [5.74, 6) is -0.285. The van der Waals surface area contributed by atoms with Crippen LogP contribution in [0.25, 0.3) is 33.2 Å². The van der Waals surface area contributed by atoms with Crippen molar-refractivity contribution in [2.45, 2.75) is 6.92 Å². The van der Waals surface area contributed by atoms with Gasteiger partial charge in [-0.05, 0) is 24.1 Å². The molecule has 0 fully saturated rings. The van der Waals surface area contributed by atoms with E-state index in [-0.39, 0.29) is 5.82 Å². The molecule has 0 atom stereocenters. The van der Waals surface area contributed by atoms with Gasteiger partial charge in [0.1, 0.15) is 11.3 Å².